The zero-order valence-corrected chi connectivity index (χ0v) is 17.2. The zero-order valence-electron chi connectivity index (χ0n) is 16.4. The minimum absolute atomic E-state index is 0.140. The number of rotatable bonds is 6. The van der Waals surface area contributed by atoms with Gasteiger partial charge in [-0.1, -0.05) is 30.7 Å². The lowest BCUT2D eigenvalue weighted by atomic mass is 10.00. The van der Waals surface area contributed by atoms with Crippen LogP contribution in [-0.4, -0.2) is 39.5 Å². The van der Waals surface area contributed by atoms with Gasteiger partial charge in [0, 0.05) is 54.7 Å². The number of hydrogen-bond acceptors (Lipinski definition) is 5. The van der Waals surface area contributed by atoms with Crippen LogP contribution in [0.3, 0.4) is 0 Å². The van der Waals surface area contributed by atoms with Crippen LogP contribution in [0, 0.1) is 0 Å². The van der Waals surface area contributed by atoms with Gasteiger partial charge in [-0.15, -0.1) is 0 Å². The maximum Gasteiger partial charge on any atom is 0.251 e. The molecule has 3 aromatic rings. The first-order valence-electron chi connectivity index (χ1n) is 9.91. The van der Waals surface area contributed by atoms with Crippen LogP contribution in [0.2, 0.25) is 5.02 Å². The normalized spacial score (nSPS) is 13.9. The van der Waals surface area contributed by atoms with Crippen LogP contribution in [0.15, 0.2) is 47.4 Å². The number of nitrogens with one attached hydrogen (secondary N) is 2. The van der Waals surface area contributed by atoms with Gasteiger partial charge in [0.2, 0.25) is 0 Å². The van der Waals surface area contributed by atoms with Gasteiger partial charge in [0.1, 0.15) is 11.6 Å². The molecule has 0 bridgehead atoms. The molecule has 0 radical (unpaired) electrons. The average molecular weight is 410 g/mol. The molecule has 1 aliphatic heterocycles. The van der Waals surface area contributed by atoms with Gasteiger partial charge in [-0.25, -0.2) is 9.97 Å². The molecule has 6 nitrogen and oxygen atoms in total. The molecule has 0 fully saturated rings. The smallest absolute Gasteiger partial charge is 0.251 e. The molecule has 29 heavy (non-hydrogen) atoms. The lowest BCUT2D eigenvalue weighted by molar-refractivity contribution is 0.264. The Hall–Kier alpha value is -2.70. The second-order valence-electron chi connectivity index (χ2n) is 7.20. The minimum Gasteiger partial charge on any atom is -0.369 e. The number of nitrogens with zero attached hydrogens (tertiary/aromatic N) is 3. The first-order chi connectivity index (χ1) is 14.1. The summed E-state index contributed by atoms with van der Waals surface area (Å²) >= 11 is 6.29. The van der Waals surface area contributed by atoms with Crippen LogP contribution in [0.25, 0.3) is 11.4 Å². The van der Waals surface area contributed by atoms with Crippen LogP contribution in [0.4, 0.5) is 5.82 Å². The number of H-pyrrole nitrogens is 1. The van der Waals surface area contributed by atoms with Gasteiger partial charge in [0.05, 0.1) is 0 Å². The van der Waals surface area contributed by atoms with E-state index in [4.69, 9.17) is 11.6 Å². The number of aromatic amines is 1. The average Bonchev–Trinajstić information content (AvgIpc) is 2.74. The van der Waals surface area contributed by atoms with Crippen LogP contribution >= 0.6 is 11.6 Å². The van der Waals surface area contributed by atoms with Crippen molar-refractivity contribution in [2.45, 2.75) is 26.3 Å². The minimum atomic E-state index is -0.140. The predicted octanol–water partition coefficient (Wildman–Crippen LogP) is 3.52. The lowest BCUT2D eigenvalue weighted by Crippen LogP contribution is -2.34. The summed E-state index contributed by atoms with van der Waals surface area (Å²) in [5.74, 6) is 1.36. The van der Waals surface area contributed by atoms with E-state index in [1.165, 1.54) is 17.2 Å². The second-order valence-corrected chi connectivity index (χ2v) is 7.61. The summed E-state index contributed by atoms with van der Waals surface area (Å²) in [6.45, 7) is 5.66. The molecule has 0 atom stereocenters. The number of aryl methyl sites for hydroxylation is 1. The number of aromatic nitrogens is 3. The van der Waals surface area contributed by atoms with Gasteiger partial charge in [-0.05, 0) is 42.2 Å². The first kappa shape index (κ1) is 19.6. The standard InChI is InChI=1S/C22H24ClN5O/c1-2-17-12-21(29)27-22(26-17)15-6-7-20(25-13-15)24-9-11-28-10-8-18-16(14-28)4-3-5-19(18)23/h3-7,12-13H,2,8-11,14H2,1H3,(H,24,25)(H,26,27,29). The summed E-state index contributed by atoms with van der Waals surface area (Å²) in [6.07, 6.45) is 3.44. The van der Waals surface area contributed by atoms with E-state index in [-0.39, 0.29) is 5.56 Å². The fraction of sp³-hybridized carbons (Fsp3) is 0.318. The summed E-state index contributed by atoms with van der Waals surface area (Å²) in [5, 5.41) is 4.25. The highest BCUT2D eigenvalue weighted by molar-refractivity contribution is 6.31. The Balaban J connectivity index is 1.33. The van der Waals surface area contributed by atoms with Gasteiger partial charge in [-0.2, -0.15) is 0 Å². The van der Waals surface area contributed by atoms with E-state index in [0.717, 1.165) is 61.1 Å². The van der Waals surface area contributed by atoms with Crippen molar-refractivity contribution in [3.63, 3.8) is 0 Å². The Morgan fingerprint density at radius 1 is 1.28 bits per heavy atom. The number of anilines is 1. The molecule has 0 saturated carbocycles. The van der Waals surface area contributed by atoms with Crippen molar-refractivity contribution in [1.82, 2.24) is 19.9 Å². The maximum absolute atomic E-state index is 11.8. The summed E-state index contributed by atoms with van der Waals surface area (Å²) in [7, 11) is 0. The Bertz CT molecular complexity index is 1050. The third kappa shape index (κ3) is 4.66. The molecule has 1 aliphatic rings. The lowest BCUT2D eigenvalue weighted by Gasteiger charge is -2.29. The topological polar surface area (TPSA) is 73.9 Å². The monoisotopic (exact) mass is 409 g/mol. The number of hydrogen-bond donors (Lipinski definition) is 2. The molecule has 150 valence electrons. The Kier molecular flexibility index (Phi) is 5.92. The van der Waals surface area contributed by atoms with Crippen molar-refractivity contribution in [1.29, 1.82) is 0 Å². The van der Waals surface area contributed by atoms with Gasteiger partial charge >= 0.3 is 0 Å². The van der Waals surface area contributed by atoms with E-state index in [1.807, 2.05) is 31.2 Å². The molecule has 1 aromatic carbocycles. The van der Waals surface area contributed by atoms with Crippen molar-refractivity contribution >= 4 is 17.4 Å². The molecule has 7 heteroatoms. The second kappa shape index (κ2) is 8.76. The summed E-state index contributed by atoms with van der Waals surface area (Å²) in [5.41, 5.74) is 4.04. The van der Waals surface area contributed by atoms with Crippen molar-refractivity contribution < 1.29 is 0 Å². The van der Waals surface area contributed by atoms with Gasteiger partial charge in [0.25, 0.3) is 5.56 Å². The van der Waals surface area contributed by atoms with E-state index in [0.29, 0.717) is 5.82 Å². The Morgan fingerprint density at radius 3 is 2.97 bits per heavy atom. The van der Waals surface area contributed by atoms with E-state index in [2.05, 4.69) is 31.2 Å². The van der Waals surface area contributed by atoms with E-state index < -0.39 is 0 Å². The van der Waals surface area contributed by atoms with Crippen LogP contribution in [0.1, 0.15) is 23.7 Å². The molecule has 0 unspecified atom stereocenters. The van der Waals surface area contributed by atoms with Crippen molar-refractivity contribution in [3.8, 4) is 11.4 Å². The van der Waals surface area contributed by atoms with E-state index in [9.17, 15) is 4.79 Å². The summed E-state index contributed by atoms with van der Waals surface area (Å²) < 4.78 is 0. The fourth-order valence-electron chi connectivity index (χ4n) is 3.62. The molecule has 0 amide bonds. The van der Waals surface area contributed by atoms with Crippen molar-refractivity contribution in [2.75, 3.05) is 25.0 Å². The molecule has 2 aromatic heterocycles. The number of fused-ring (bicyclic) bond motifs is 1. The third-order valence-electron chi connectivity index (χ3n) is 5.22. The van der Waals surface area contributed by atoms with Gasteiger partial charge in [-0.3, -0.25) is 9.69 Å². The molecule has 4 rings (SSSR count). The van der Waals surface area contributed by atoms with Crippen LogP contribution in [-0.2, 0) is 19.4 Å². The van der Waals surface area contributed by atoms with Crippen LogP contribution < -0.4 is 10.9 Å². The van der Waals surface area contributed by atoms with Gasteiger partial charge < -0.3 is 10.3 Å². The number of halogens is 1. The highest BCUT2D eigenvalue weighted by atomic mass is 35.5. The molecule has 0 aliphatic carbocycles. The summed E-state index contributed by atoms with van der Waals surface area (Å²) in [6, 6.07) is 11.5. The highest BCUT2D eigenvalue weighted by Gasteiger charge is 2.17. The zero-order chi connectivity index (χ0) is 20.2. The van der Waals surface area contributed by atoms with Gasteiger partial charge in [0.15, 0.2) is 0 Å². The predicted molar refractivity (Wildman–Crippen MR) is 116 cm³/mol. The molecular formula is C22H24ClN5O. The van der Waals surface area contributed by atoms with Crippen LogP contribution in [0.5, 0.6) is 0 Å². The molecule has 2 N–H and O–H groups in total. The first-order valence-corrected chi connectivity index (χ1v) is 10.3. The highest BCUT2D eigenvalue weighted by Crippen LogP contribution is 2.25. The maximum atomic E-state index is 11.8. The quantitative estimate of drug-likeness (QED) is 0.651. The van der Waals surface area contributed by atoms with Crippen molar-refractivity contribution in [3.05, 3.63) is 74.8 Å². The van der Waals surface area contributed by atoms with E-state index in [1.54, 1.807) is 6.20 Å². The summed E-state index contributed by atoms with van der Waals surface area (Å²) in [4.78, 5) is 25.9. The molecular weight excluding hydrogens is 386 g/mol. The van der Waals surface area contributed by atoms with Crippen molar-refractivity contribution in [2.24, 2.45) is 0 Å². The Morgan fingerprint density at radius 2 is 2.17 bits per heavy atom. The molecule has 3 heterocycles. The largest absolute Gasteiger partial charge is 0.369 e. The molecule has 0 spiro atoms. The SMILES string of the molecule is CCc1cc(=O)[nH]c(-c2ccc(NCCN3CCc4c(Cl)cccc4C3)nc2)n1. The number of pyridine rings is 1. The number of benzene rings is 1. The molecule has 0 saturated heterocycles. The van der Waals surface area contributed by atoms with E-state index >= 15 is 0 Å². The Labute approximate surface area is 175 Å². The third-order valence-corrected chi connectivity index (χ3v) is 5.57. The fourth-order valence-corrected chi connectivity index (χ4v) is 3.91.